The quantitative estimate of drug-likeness (QED) is 0.342. The monoisotopic (exact) mass is 125 g/mol. The second-order valence-electron chi connectivity index (χ2n) is 1.74. The lowest BCUT2D eigenvalue weighted by Crippen LogP contribution is -2.34. The molecular formula is C5H7N3O. The molecule has 0 unspecified atom stereocenters. The maximum atomic E-state index is 10.7. The summed E-state index contributed by atoms with van der Waals surface area (Å²) in [5, 5.41) is 6.85. The van der Waals surface area contributed by atoms with Crippen LogP contribution in [-0.2, 0) is 4.79 Å². The van der Waals surface area contributed by atoms with Gasteiger partial charge in [-0.15, -0.1) is 0 Å². The van der Waals surface area contributed by atoms with Crippen LogP contribution in [0, 0.1) is 5.41 Å². The first kappa shape index (κ1) is 5.81. The van der Waals surface area contributed by atoms with Crippen LogP contribution in [0.25, 0.3) is 0 Å². The minimum absolute atomic E-state index is 0.137. The summed E-state index contributed by atoms with van der Waals surface area (Å²) in [5.74, 6) is -0.351. The zero-order chi connectivity index (χ0) is 6.85. The number of carbonyl (C=O) groups is 1. The largest absolute Gasteiger partial charge is 0.369 e. The summed E-state index contributed by atoms with van der Waals surface area (Å²) < 4.78 is 0. The van der Waals surface area contributed by atoms with E-state index < -0.39 is 0 Å². The van der Waals surface area contributed by atoms with Crippen molar-refractivity contribution < 1.29 is 4.79 Å². The highest BCUT2D eigenvalue weighted by molar-refractivity contribution is 5.98. The molecule has 1 aliphatic rings. The number of hydrogen-bond acceptors (Lipinski definition) is 2. The second-order valence-corrected chi connectivity index (χ2v) is 1.74. The van der Waals surface area contributed by atoms with Crippen molar-refractivity contribution in [2.45, 2.75) is 6.42 Å². The van der Waals surface area contributed by atoms with Crippen molar-refractivity contribution in [3.05, 3.63) is 12.3 Å². The lowest BCUT2D eigenvalue weighted by Gasteiger charge is -2.08. The topological polar surface area (TPSA) is 70.2 Å². The molecule has 0 fully saturated rings. The Labute approximate surface area is 52.5 Å². The van der Waals surface area contributed by atoms with E-state index in [0.717, 1.165) is 4.90 Å². The molecule has 48 valence electrons. The molecular weight excluding hydrogens is 118 g/mol. The van der Waals surface area contributed by atoms with Gasteiger partial charge in [-0.1, -0.05) is 6.08 Å². The number of carbonyl (C=O) groups excluding carboxylic acids is 1. The molecule has 0 spiro atoms. The first-order chi connectivity index (χ1) is 4.22. The molecule has 0 atom stereocenters. The van der Waals surface area contributed by atoms with Gasteiger partial charge in [-0.05, 0) is 0 Å². The Hall–Kier alpha value is -1.32. The first-order valence-electron chi connectivity index (χ1n) is 2.54. The van der Waals surface area contributed by atoms with Gasteiger partial charge in [-0.3, -0.25) is 15.1 Å². The average Bonchev–Trinajstić information content (AvgIpc) is 2.13. The number of nitrogens with zero attached hydrogens (tertiary/aromatic N) is 1. The van der Waals surface area contributed by atoms with Gasteiger partial charge in [0, 0.05) is 12.6 Å². The third-order valence-electron chi connectivity index (χ3n) is 1.08. The maximum Gasteiger partial charge on any atom is 0.237 e. The van der Waals surface area contributed by atoms with Crippen molar-refractivity contribution >= 4 is 11.9 Å². The third kappa shape index (κ3) is 0.910. The van der Waals surface area contributed by atoms with E-state index in [4.69, 9.17) is 11.1 Å². The molecule has 1 heterocycles. The highest BCUT2D eigenvalue weighted by atomic mass is 16.2. The molecule has 1 rings (SSSR count). The van der Waals surface area contributed by atoms with E-state index in [2.05, 4.69) is 0 Å². The van der Waals surface area contributed by atoms with Gasteiger partial charge in [0.15, 0.2) is 5.96 Å². The molecule has 4 heteroatoms. The van der Waals surface area contributed by atoms with Crippen molar-refractivity contribution in [2.24, 2.45) is 5.73 Å². The van der Waals surface area contributed by atoms with Gasteiger partial charge >= 0.3 is 0 Å². The van der Waals surface area contributed by atoms with Crippen molar-refractivity contribution in [3.8, 4) is 0 Å². The van der Waals surface area contributed by atoms with Crippen molar-refractivity contribution in [3.63, 3.8) is 0 Å². The fraction of sp³-hybridized carbons (Fsp3) is 0.200. The van der Waals surface area contributed by atoms with E-state index in [0.29, 0.717) is 6.42 Å². The molecule has 0 aromatic rings. The van der Waals surface area contributed by atoms with Crippen LogP contribution in [0.5, 0.6) is 0 Å². The molecule has 0 bridgehead atoms. The number of nitrogens with one attached hydrogen (secondary N) is 1. The Bertz CT molecular complexity index is 185. The van der Waals surface area contributed by atoms with Crippen LogP contribution in [0.4, 0.5) is 0 Å². The molecule has 9 heavy (non-hydrogen) atoms. The lowest BCUT2D eigenvalue weighted by atomic mass is 10.4. The molecule has 0 saturated heterocycles. The van der Waals surface area contributed by atoms with E-state index in [1.165, 1.54) is 6.20 Å². The molecule has 3 N–H and O–H groups in total. The van der Waals surface area contributed by atoms with Crippen LogP contribution in [0.2, 0.25) is 0 Å². The van der Waals surface area contributed by atoms with Gasteiger partial charge in [0.05, 0.1) is 0 Å². The Morgan fingerprint density at radius 2 is 2.56 bits per heavy atom. The summed E-state index contributed by atoms with van der Waals surface area (Å²) in [6, 6.07) is 0. The number of amides is 1. The van der Waals surface area contributed by atoms with E-state index >= 15 is 0 Å². The van der Waals surface area contributed by atoms with Crippen LogP contribution < -0.4 is 5.73 Å². The number of rotatable bonds is 0. The SMILES string of the molecule is N=C(N)N1C=CCC1=O. The molecule has 1 aliphatic heterocycles. The number of nitrogens with two attached hydrogens (primary N) is 1. The molecule has 0 saturated carbocycles. The van der Waals surface area contributed by atoms with Crippen LogP contribution in [0.15, 0.2) is 12.3 Å². The highest BCUT2D eigenvalue weighted by Gasteiger charge is 2.16. The minimum Gasteiger partial charge on any atom is -0.369 e. The smallest absolute Gasteiger partial charge is 0.237 e. The zero-order valence-corrected chi connectivity index (χ0v) is 4.79. The number of hydrogen-bond donors (Lipinski definition) is 2. The number of guanidine groups is 1. The Morgan fingerprint density at radius 3 is 2.78 bits per heavy atom. The summed E-state index contributed by atoms with van der Waals surface area (Å²) >= 11 is 0. The molecule has 0 aromatic heterocycles. The Morgan fingerprint density at radius 1 is 1.89 bits per heavy atom. The standard InChI is InChI=1S/C5H7N3O/c6-5(7)8-3-1-2-4(8)9/h1,3H,2H2,(H3,6,7). The van der Waals surface area contributed by atoms with Crippen molar-refractivity contribution in [2.75, 3.05) is 0 Å². The van der Waals surface area contributed by atoms with E-state index in [1.807, 2.05) is 0 Å². The van der Waals surface area contributed by atoms with Gasteiger partial charge in [-0.25, -0.2) is 0 Å². The van der Waals surface area contributed by atoms with Crippen molar-refractivity contribution in [1.29, 1.82) is 5.41 Å². The van der Waals surface area contributed by atoms with E-state index in [1.54, 1.807) is 6.08 Å². The van der Waals surface area contributed by atoms with Crippen LogP contribution >= 0.6 is 0 Å². The highest BCUT2D eigenvalue weighted by Crippen LogP contribution is 2.03. The molecule has 0 aromatic carbocycles. The summed E-state index contributed by atoms with van der Waals surface area (Å²) in [4.78, 5) is 11.8. The van der Waals surface area contributed by atoms with Crippen LogP contribution in [0.1, 0.15) is 6.42 Å². The Balaban J connectivity index is 2.71. The average molecular weight is 125 g/mol. The molecule has 0 aliphatic carbocycles. The predicted molar refractivity (Wildman–Crippen MR) is 32.5 cm³/mol. The summed E-state index contributed by atoms with van der Waals surface area (Å²) in [6.07, 6.45) is 3.54. The van der Waals surface area contributed by atoms with Gasteiger partial charge in [0.2, 0.25) is 5.91 Å². The summed E-state index contributed by atoms with van der Waals surface area (Å²) in [7, 11) is 0. The zero-order valence-electron chi connectivity index (χ0n) is 4.79. The van der Waals surface area contributed by atoms with Gasteiger partial charge in [0.1, 0.15) is 0 Å². The van der Waals surface area contributed by atoms with Gasteiger partial charge in [0.25, 0.3) is 0 Å². The first-order valence-corrected chi connectivity index (χ1v) is 2.54. The predicted octanol–water partition coefficient (Wildman–Crippen LogP) is -0.374. The normalized spacial score (nSPS) is 16.9. The molecule has 1 amide bonds. The fourth-order valence-corrected chi connectivity index (χ4v) is 0.655. The van der Waals surface area contributed by atoms with Gasteiger partial charge in [-0.2, -0.15) is 0 Å². The van der Waals surface area contributed by atoms with Gasteiger partial charge < -0.3 is 5.73 Å². The van der Waals surface area contributed by atoms with E-state index in [-0.39, 0.29) is 11.9 Å². The Kier molecular flexibility index (Phi) is 1.22. The third-order valence-corrected chi connectivity index (χ3v) is 1.08. The summed E-state index contributed by atoms with van der Waals surface area (Å²) in [5.41, 5.74) is 5.03. The second kappa shape index (κ2) is 1.89. The molecule has 0 radical (unpaired) electrons. The van der Waals surface area contributed by atoms with E-state index in [9.17, 15) is 4.79 Å². The van der Waals surface area contributed by atoms with Crippen LogP contribution in [-0.4, -0.2) is 16.8 Å². The maximum absolute atomic E-state index is 10.7. The lowest BCUT2D eigenvalue weighted by molar-refractivity contribution is -0.123. The fourth-order valence-electron chi connectivity index (χ4n) is 0.655. The minimum atomic E-state index is -0.214. The summed E-state index contributed by atoms with van der Waals surface area (Å²) in [6.45, 7) is 0. The molecule has 4 nitrogen and oxygen atoms in total. The van der Waals surface area contributed by atoms with Crippen LogP contribution in [0.3, 0.4) is 0 Å². The van der Waals surface area contributed by atoms with Crippen molar-refractivity contribution in [1.82, 2.24) is 4.90 Å².